The van der Waals surface area contributed by atoms with Crippen LogP contribution in [-0.4, -0.2) is 30.3 Å². The Hall–Kier alpha value is -1.20. The highest BCUT2D eigenvalue weighted by atomic mass is 32.1. The van der Waals surface area contributed by atoms with E-state index in [1.807, 2.05) is 0 Å². The molecule has 0 saturated heterocycles. The summed E-state index contributed by atoms with van der Waals surface area (Å²) >= 11 is 4.79. The van der Waals surface area contributed by atoms with Crippen molar-refractivity contribution >= 4 is 17.2 Å². The summed E-state index contributed by atoms with van der Waals surface area (Å²) in [6.07, 6.45) is 1.59. The molecule has 0 fully saturated rings. The zero-order valence-corrected chi connectivity index (χ0v) is 8.71. The van der Waals surface area contributed by atoms with Gasteiger partial charge in [-0.1, -0.05) is 12.2 Å². The Bertz CT molecular complexity index is 300. The number of nitrogens with zero attached hydrogens (tertiary/aromatic N) is 1. The molecule has 0 unspecified atom stereocenters. The fourth-order valence-electron chi connectivity index (χ4n) is 0.841. The lowest BCUT2D eigenvalue weighted by Crippen LogP contribution is -2.10. The van der Waals surface area contributed by atoms with Gasteiger partial charge in [-0.25, -0.2) is 4.98 Å². The van der Waals surface area contributed by atoms with Gasteiger partial charge in [-0.15, -0.1) is 0 Å². The van der Waals surface area contributed by atoms with Gasteiger partial charge in [-0.2, -0.15) is 0 Å². The first-order valence-electron chi connectivity index (χ1n) is 4.11. The van der Waals surface area contributed by atoms with Crippen LogP contribution in [0, 0.1) is 0 Å². The van der Waals surface area contributed by atoms with Crippen LogP contribution in [0.4, 0.5) is 0 Å². The van der Waals surface area contributed by atoms with Crippen LogP contribution in [-0.2, 0) is 4.74 Å². The van der Waals surface area contributed by atoms with E-state index in [0.717, 1.165) is 5.56 Å². The molecule has 0 bridgehead atoms. The highest BCUT2D eigenvalue weighted by molar-refractivity contribution is 7.80. The van der Waals surface area contributed by atoms with E-state index in [4.69, 9.17) is 27.4 Å². The average Bonchev–Trinajstić information content (AvgIpc) is 2.19. The Morgan fingerprint density at radius 3 is 2.79 bits per heavy atom. The number of ether oxygens (including phenoxy) is 2. The van der Waals surface area contributed by atoms with Gasteiger partial charge in [0, 0.05) is 24.9 Å². The predicted octanol–water partition coefficient (Wildman–Crippen LogP) is 0.741. The number of hydrogen-bond donors (Lipinski definition) is 1. The van der Waals surface area contributed by atoms with Crippen LogP contribution in [0.3, 0.4) is 0 Å². The normalized spacial score (nSPS) is 9.79. The maximum Gasteiger partial charge on any atom is 0.213 e. The number of pyridine rings is 1. The first-order valence-corrected chi connectivity index (χ1v) is 4.52. The molecule has 0 spiro atoms. The maximum absolute atomic E-state index is 5.42. The summed E-state index contributed by atoms with van der Waals surface area (Å²) in [4.78, 5) is 4.36. The Labute approximate surface area is 88.0 Å². The Morgan fingerprint density at radius 1 is 1.50 bits per heavy atom. The highest BCUT2D eigenvalue weighted by Gasteiger charge is 1.98. The molecule has 1 heterocycles. The molecule has 0 aliphatic heterocycles. The van der Waals surface area contributed by atoms with Gasteiger partial charge in [0.1, 0.15) is 11.6 Å². The zero-order chi connectivity index (χ0) is 10.4. The van der Waals surface area contributed by atoms with Crippen molar-refractivity contribution < 1.29 is 9.47 Å². The first kappa shape index (κ1) is 10.9. The third-order valence-corrected chi connectivity index (χ3v) is 1.79. The number of aromatic nitrogens is 1. The van der Waals surface area contributed by atoms with Crippen LogP contribution in [0.2, 0.25) is 0 Å². The highest BCUT2D eigenvalue weighted by Crippen LogP contribution is 2.07. The first-order chi connectivity index (χ1) is 6.74. The van der Waals surface area contributed by atoms with Crippen LogP contribution < -0.4 is 10.5 Å². The van der Waals surface area contributed by atoms with E-state index < -0.39 is 0 Å². The Balaban J connectivity index is 2.51. The monoisotopic (exact) mass is 212 g/mol. The molecule has 1 aromatic heterocycles. The second-order valence-electron chi connectivity index (χ2n) is 2.59. The summed E-state index contributed by atoms with van der Waals surface area (Å²) in [6.45, 7) is 1.02. The van der Waals surface area contributed by atoms with Crippen molar-refractivity contribution in [2.45, 2.75) is 0 Å². The number of hydrogen-bond acceptors (Lipinski definition) is 4. The van der Waals surface area contributed by atoms with Gasteiger partial charge in [0.15, 0.2) is 0 Å². The molecule has 5 heteroatoms. The van der Waals surface area contributed by atoms with E-state index in [-0.39, 0.29) is 0 Å². The van der Waals surface area contributed by atoms with Crippen molar-refractivity contribution in [3.05, 3.63) is 23.9 Å². The smallest absolute Gasteiger partial charge is 0.213 e. The summed E-state index contributed by atoms with van der Waals surface area (Å²) in [5.74, 6) is 0.544. The minimum absolute atomic E-state index is 0.334. The lowest BCUT2D eigenvalue weighted by Gasteiger charge is -2.04. The Kier molecular flexibility index (Phi) is 4.28. The fraction of sp³-hybridized carbons (Fsp3) is 0.333. The maximum atomic E-state index is 5.42. The third-order valence-electron chi connectivity index (χ3n) is 1.56. The van der Waals surface area contributed by atoms with E-state index in [2.05, 4.69) is 4.98 Å². The van der Waals surface area contributed by atoms with Crippen LogP contribution >= 0.6 is 12.2 Å². The van der Waals surface area contributed by atoms with E-state index in [1.54, 1.807) is 25.4 Å². The summed E-state index contributed by atoms with van der Waals surface area (Å²) in [7, 11) is 1.62. The third kappa shape index (κ3) is 3.27. The van der Waals surface area contributed by atoms with Crippen molar-refractivity contribution in [3.63, 3.8) is 0 Å². The van der Waals surface area contributed by atoms with Gasteiger partial charge in [0.05, 0.1) is 6.61 Å². The molecule has 1 aromatic rings. The largest absolute Gasteiger partial charge is 0.475 e. The van der Waals surface area contributed by atoms with Gasteiger partial charge < -0.3 is 15.2 Å². The van der Waals surface area contributed by atoms with Gasteiger partial charge in [0.2, 0.25) is 5.88 Å². The molecule has 1 rings (SSSR count). The van der Waals surface area contributed by atoms with Crippen LogP contribution in [0.15, 0.2) is 18.3 Å². The molecule has 0 aliphatic rings. The topological polar surface area (TPSA) is 57.4 Å². The minimum atomic E-state index is 0.334. The van der Waals surface area contributed by atoms with Gasteiger partial charge in [0.25, 0.3) is 0 Å². The van der Waals surface area contributed by atoms with Gasteiger partial charge in [-0.05, 0) is 6.07 Å². The summed E-state index contributed by atoms with van der Waals surface area (Å²) in [5, 5.41) is 0. The SMILES string of the molecule is COCCOc1ccc(C(N)=S)cn1. The molecule has 4 nitrogen and oxygen atoms in total. The molecule has 0 radical (unpaired) electrons. The molecule has 0 atom stereocenters. The molecular weight excluding hydrogens is 200 g/mol. The number of nitrogens with two attached hydrogens (primary N) is 1. The molecule has 0 amide bonds. The van der Waals surface area contributed by atoms with Crippen molar-refractivity contribution in [2.24, 2.45) is 5.73 Å². The van der Waals surface area contributed by atoms with E-state index in [1.165, 1.54) is 0 Å². The molecule has 0 aromatic carbocycles. The predicted molar refractivity (Wildman–Crippen MR) is 57.5 cm³/mol. The van der Waals surface area contributed by atoms with Crippen LogP contribution in [0.5, 0.6) is 5.88 Å². The van der Waals surface area contributed by atoms with Crippen molar-refractivity contribution in [1.82, 2.24) is 4.98 Å². The number of rotatable bonds is 5. The van der Waals surface area contributed by atoms with Crippen molar-refractivity contribution in [3.8, 4) is 5.88 Å². The van der Waals surface area contributed by atoms with Crippen LogP contribution in [0.25, 0.3) is 0 Å². The number of thiocarbonyl (C=S) groups is 1. The van der Waals surface area contributed by atoms with Crippen molar-refractivity contribution in [2.75, 3.05) is 20.3 Å². The molecule has 0 aliphatic carbocycles. The van der Waals surface area contributed by atoms with Gasteiger partial charge >= 0.3 is 0 Å². The lowest BCUT2D eigenvalue weighted by atomic mass is 10.3. The average molecular weight is 212 g/mol. The second-order valence-corrected chi connectivity index (χ2v) is 3.03. The number of methoxy groups -OCH3 is 1. The van der Waals surface area contributed by atoms with Crippen molar-refractivity contribution in [1.29, 1.82) is 0 Å². The molecule has 76 valence electrons. The summed E-state index contributed by atoms with van der Waals surface area (Å²) < 4.78 is 10.1. The summed E-state index contributed by atoms with van der Waals surface area (Å²) in [5.41, 5.74) is 6.15. The van der Waals surface area contributed by atoms with E-state index in [0.29, 0.717) is 24.1 Å². The second kappa shape index (κ2) is 5.51. The van der Waals surface area contributed by atoms with E-state index >= 15 is 0 Å². The minimum Gasteiger partial charge on any atom is -0.475 e. The fourth-order valence-corrected chi connectivity index (χ4v) is 0.962. The molecule has 14 heavy (non-hydrogen) atoms. The molecular formula is C9H12N2O2S. The van der Waals surface area contributed by atoms with E-state index in [9.17, 15) is 0 Å². The lowest BCUT2D eigenvalue weighted by molar-refractivity contribution is 0.144. The zero-order valence-electron chi connectivity index (χ0n) is 7.90. The quantitative estimate of drug-likeness (QED) is 0.576. The van der Waals surface area contributed by atoms with Crippen LogP contribution in [0.1, 0.15) is 5.56 Å². The molecule has 0 saturated carbocycles. The summed E-state index contributed by atoms with van der Waals surface area (Å²) in [6, 6.07) is 3.50. The standard InChI is InChI=1S/C9H12N2O2S/c1-12-4-5-13-8-3-2-7(6-11-8)9(10)14/h2-3,6H,4-5H2,1H3,(H2,10,14). The van der Waals surface area contributed by atoms with Gasteiger partial charge in [-0.3, -0.25) is 0 Å². The Morgan fingerprint density at radius 2 is 2.29 bits per heavy atom. The molecule has 2 N–H and O–H groups in total.